The number of Topliss-reactive ketones (excluding diaryl/α,β-unsaturated/α-hetero) is 1. The van der Waals surface area contributed by atoms with Crippen molar-refractivity contribution in [1.82, 2.24) is 9.80 Å². The first kappa shape index (κ1) is 26.3. The topological polar surface area (TPSA) is 59.1 Å². The van der Waals surface area contributed by atoms with Gasteiger partial charge in [-0.2, -0.15) is 0 Å². The van der Waals surface area contributed by atoms with Crippen molar-refractivity contribution in [3.05, 3.63) is 44.5 Å². The molecule has 37 heavy (non-hydrogen) atoms. The van der Waals surface area contributed by atoms with Crippen LogP contribution >= 0.6 is 11.6 Å². The molecule has 2 aliphatic carbocycles. The zero-order valence-electron chi connectivity index (χ0n) is 23.0. The summed E-state index contributed by atoms with van der Waals surface area (Å²) in [5.41, 5.74) is 4.94. The van der Waals surface area contributed by atoms with Crippen LogP contribution in [-0.2, 0) is 11.2 Å². The molecule has 1 atom stereocenters. The van der Waals surface area contributed by atoms with Crippen molar-refractivity contribution in [2.24, 2.45) is 5.92 Å². The van der Waals surface area contributed by atoms with Crippen LogP contribution in [0.1, 0.15) is 80.8 Å². The Morgan fingerprint density at radius 2 is 1.76 bits per heavy atom. The molecule has 7 heteroatoms. The average Bonchev–Trinajstić information content (AvgIpc) is 3.18. The van der Waals surface area contributed by atoms with Crippen LogP contribution in [0.2, 0.25) is 5.02 Å². The van der Waals surface area contributed by atoms with Gasteiger partial charge in [-0.3, -0.25) is 9.59 Å². The molecule has 0 aromatic heterocycles. The maximum absolute atomic E-state index is 13.7. The molecule has 0 saturated heterocycles. The number of ketones is 1. The van der Waals surface area contributed by atoms with Crippen LogP contribution in [0.25, 0.3) is 0 Å². The lowest BCUT2D eigenvalue weighted by Crippen LogP contribution is -2.41. The second-order valence-electron chi connectivity index (χ2n) is 11.9. The van der Waals surface area contributed by atoms with Crippen LogP contribution in [0.3, 0.4) is 0 Å². The highest BCUT2D eigenvalue weighted by molar-refractivity contribution is 6.34. The fraction of sp³-hybridized carbons (Fsp3) is 0.600. The molecule has 4 aliphatic rings. The number of ether oxygens (including phenoxy) is 2. The van der Waals surface area contributed by atoms with E-state index in [2.05, 4.69) is 19.0 Å². The Hall–Kier alpha value is -2.31. The number of halogens is 1. The molecule has 0 spiro atoms. The van der Waals surface area contributed by atoms with E-state index in [0.29, 0.717) is 60.0 Å². The van der Waals surface area contributed by atoms with Crippen LogP contribution in [0.5, 0.6) is 11.5 Å². The van der Waals surface area contributed by atoms with Crippen LogP contribution in [0.4, 0.5) is 0 Å². The Morgan fingerprint density at radius 1 is 1.08 bits per heavy atom. The van der Waals surface area contributed by atoms with E-state index in [9.17, 15) is 9.59 Å². The summed E-state index contributed by atoms with van der Waals surface area (Å²) in [6, 6.07) is 0.646. The van der Waals surface area contributed by atoms with Crippen molar-refractivity contribution in [2.75, 3.05) is 27.2 Å². The molecule has 2 aliphatic heterocycles. The van der Waals surface area contributed by atoms with E-state index in [1.54, 1.807) is 4.90 Å². The zero-order valence-corrected chi connectivity index (χ0v) is 23.8. The number of hydrogen-bond donors (Lipinski definition) is 0. The number of allylic oxidation sites excluding steroid dienone is 3. The number of carbonyl (C=O) groups is 2. The van der Waals surface area contributed by atoms with Gasteiger partial charge in [0.2, 0.25) is 5.79 Å². The van der Waals surface area contributed by atoms with E-state index < -0.39 is 5.79 Å². The summed E-state index contributed by atoms with van der Waals surface area (Å²) in [7, 11) is 4.31. The minimum absolute atomic E-state index is 0.0953. The minimum Gasteiger partial charge on any atom is -0.448 e. The maximum atomic E-state index is 13.7. The zero-order chi connectivity index (χ0) is 26.6. The lowest BCUT2D eigenvalue weighted by molar-refractivity contribution is -0.115. The van der Waals surface area contributed by atoms with E-state index >= 15 is 0 Å². The largest absolute Gasteiger partial charge is 0.448 e. The molecule has 0 radical (unpaired) electrons. The highest BCUT2D eigenvalue weighted by Crippen LogP contribution is 2.52. The van der Waals surface area contributed by atoms with Crippen molar-refractivity contribution in [2.45, 2.75) is 84.5 Å². The molecule has 1 saturated carbocycles. The average molecular weight is 527 g/mol. The molecule has 5 rings (SSSR count). The van der Waals surface area contributed by atoms with Crippen molar-refractivity contribution < 1.29 is 19.1 Å². The number of carbonyl (C=O) groups excluding carboxylic acids is 2. The van der Waals surface area contributed by atoms with Crippen molar-refractivity contribution >= 4 is 23.3 Å². The number of rotatable bonds is 5. The summed E-state index contributed by atoms with van der Waals surface area (Å²) in [4.78, 5) is 30.5. The summed E-state index contributed by atoms with van der Waals surface area (Å²) in [6.45, 7) is 8.68. The van der Waals surface area contributed by atoms with Crippen LogP contribution < -0.4 is 9.47 Å². The second-order valence-corrected chi connectivity index (χ2v) is 12.2. The van der Waals surface area contributed by atoms with Crippen molar-refractivity contribution in [3.8, 4) is 11.5 Å². The monoisotopic (exact) mass is 526 g/mol. The first-order valence-electron chi connectivity index (χ1n) is 13.6. The smallest absolute Gasteiger partial charge is 0.254 e. The van der Waals surface area contributed by atoms with E-state index in [4.69, 9.17) is 21.1 Å². The van der Waals surface area contributed by atoms with Gasteiger partial charge >= 0.3 is 0 Å². The van der Waals surface area contributed by atoms with Gasteiger partial charge in [0.1, 0.15) is 0 Å². The first-order chi connectivity index (χ1) is 17.5. The molecule has 200 valence electrons. The Morgan fingerprint density at radius 3 is 2.41 bits per heavy atom. The van der Waals surface area contributed by atoms with Gasteiger partial charge in [-0.15, -0.1) is 0 Å². The van der Waals surface area contributed by atoms with Crippen LogP contribution in [0.15, 0.2) is 22.8 Å². The molecule has 1 fully saturated rings. The standard InChI is InChI=1S/C30H39ClN2O4/c1-17-13-18(2)23(24(34)14-17)16-33-12-11-22-25(29(33)35)19(3)27-28(26(22)31)37-30(4,36-27)15-20-7-9-21(10-8-20)32(5)6/h13,20-21H,7-12,14-16H2,1-6H3. The van der Waals surface area contributed by atoms with Crippen molar-refractivity contribution in [1.29, 1.82) is 0 Å². The third-order valence-corrected chi connectivity index (χ3v) is 9.13. The van der Waals surface area contributed by atoms with Gasteiger partial charge in [0.25, 0.3) is 5.91 Å². The summed E-state index contributed by atoms with van der Waals surface area (Å²) >= 11 is 6.88. The fourth-order valence-electron chi connectivity index (χ4n) is 6.67. The molecule has 2 heterocycles. The predicted octanol–water partition coefficient (Wildman–Crippen LogP) is 5.88. The quantitative estimate of drug-likeness (QED) is 0.479. The molecule has 1 unspecified atom stereocenters. The number of fused-ring (bicyclic) bond motifs is 2. The van der Waals surface area contributed by atoms with Gasteiger partial charge < -0.3 is 19.3 Å². The second kappa shape index (κ2) is 9.77. The minimum atomic E-state index is -0.792. The number of benzene rings is 1. The summed E-state index contributed by atoms with van der Waals surface area (Å²) in [5.74, 6) is 0.911. The molecular formula is C30H39ClN2O4. The Kier molecular flexibility index (Phi) is 6.95. The van der Waals surface area contributed by atoms with Gasteiger partial charge in [-0.05, 0) is 84.0 Å². The number of hydrogen-bond acceptors (Lipinski definition) is 5. The lowest BCUT2D eigenvalue weighted by Gasteiger charge is -2.35. The molecular weight excluding hydrogens is 488 g/mol. The summed E-state index contributed by atoms with van der Waals surface area (Å²) < 4.78 is 12.9. The van der Waals surface area contributed by atoms with Gasteiger partial charge in [0.15, 0.2) is 17.3 Å². The van der Waals surface area contributed by atoms with Gasteiger partial charge in [0, 0.05) is 50.0 Å². The number of amides is 1. The van der Waals surface area contributed by atoms with E-state index in [0.717, 1.165) is 47.1 Å². The molecule has 1 aromatic carbocycles. The number of nitrogens with zero attached hydrogens (tertiary/aromatic N) is 2. The highest BCUT2D eigenvalue weighted by Gasteiger charge is 2.44. The molecule has 6 nitrogen and oxygen atoms in total. The third kappa shape index (κ3) is 4.83. The van der Waals surface area contributed by atoms with Gasteiger partial charge in [-0.25, -0.2) is 0 Å². The molecule has 1 amide bonds. The van der Waals surface area contributed by atoms with Crippen molar-refractivity contribution in [3.63, 3.8) is 0 Å². The third-order valence-electron chi connectivity index (χ3n) is 8.73. The first-order valence-corrected chi connectivity index (χ1v) is 13.9. The van der Waals surface area contributed by atoms with E-state index in [1.165, 1.54) is 12.8 Å². The molecule has 0 N–H and O–H groups in total. The van der Waals surface area contributed by atoms with Crippen LogP contribution in [0, 0.1) is 12.8 Å². The van der Waals surface area contributed by atoms with E-state index in [-0.39, 0.29) is 11.7 Å². The summed E-state index contributed by atoms with van der Waals surface area (Å²) in [6.07, 6.45) is 8.57. The lowest BCUT2D eigenvalue weighted by atomic mass is 9.82. The van der Waals surface area contributed by atoms with E-state index in [1.807, 2.05) is 33.8 Å². The summed E-state index contributed by atoms with van der Waals surface area (Å²) in [5, 5.41) is 0.492. The van der Waals surface area contributed by atoms with Gasteiger partial charge in [0.05, 0.1) is 10.6 Å². The Balaban J connectivity index is 1.36. The fourth-order valence-corrected chi connectivity index (χ4v) is 6.98. The van der Waals surface area contributed by atoms with Gasteiger partial charge in [-0.1, -0.05) is 23.3 Å². The Bertz CT molecular complexity index is 1210. The molecule has 0 bridgehead atoms. The predicted molar refractivity (Wildman–Crippen MR) is 146 cm³/mol. The SMILES string of the molecule is CC1=CC(C)=C(CN2CCc3c(Cl)c4c(c(C)c3C2=O)OC(C)(CC2CCC(N(C)C)CC2)O4)C(=O)C1. The van der Waals surface area contributed by atoms with Crippen LogP contribution in [-0.4, -0.2) is 60.5 Å². The maximum Gasteiger partial charge on any atom is 0.254 e. The Labute approximate surface area is 225 Å². The highest BCUT2D eigenvalue weighted by atomic mass is 35.5. The molecule has 1 aromatic rings. The normalized spacial score (nSPS) is 27.7.